The number of amides is 1. The second kappa shape index (κ2) is 6.54. The molecule has 2 atom stereocenters. The normalized spacial score (nSPS) is 22.6. The number of hydrogen-bond acceptors (Lipinski definition) is 6. The first-order chi connectivity index (χ1) is 12.4. The van der Waals surface area contributed by atoms with Crippen LogP contribution in [0.1, 0.15) is 20.8 Å². The molecule has 4 heterocycles. The van der Waals surface area contributed by atoms with Crippen molar-refractivity contribution in [3.05, 3.63) is 29.6 Å². The molecule has 2 fully saturated rings. The van der Waals surface area contributed by atoms with Crippen LogP contribution in [0.3, 0.4) is 0 Å². The molecule has 6 nitrogen and oxygen atoms in total. The van der Waals surface area contributed by atoms with E-state index in [0.29, 0.717) is 11.8 Å². The van der Waals surface area contributed by atoms with Crippen LogP contribution >= 0.6 is 11.3 Å². The van der Waals surface area contributed by atoms with Gasteiger partial charge in [0.1, 0.15) is 11.3 Å². The molecule has 2 aromatic rings. The van der Waals surface area contributed by atoms with Crippen LogP contribution in [-0.2, 0) is 4.74 Å². The average Bonchev–Trinajstić information content (AvgIpc) is 3.29. The average molecular weight is 372 g/mol. The van der Waals surface area contributed by atoms with E-state index in [9.17, 15) is 4.79 Å². The van der Waals surface area contributed by atoms with Crippen molar-refractivity contribution in [2.24, 2.45) is 11.8 Å². The minimum atomic E-state index is -0.444. The Balaban J connectivity index is 1.37. The van der Waals surface area contributed by atoms with E-state index in [4.69, 9.17) is 4.74 Å². The van der Waals surface area contributed by atoms with Crippen molar-refractivity contribution in [1.82, 2.24) is 15.1 Å². The molecule has 0 aliphatic carbocycles. The first-order valence-corrected chi connectivity index (χ1v) is 9.87. The highest BCUT2D eigenvalue weighted by Crippen LogP contribution is 2.34. The lowest BCUT2D eigenvalue weighted by Gasteiger charge is -2.26. The molecule has 4 rings (SSSR count). The van der Waals surface area contributed by atoms with Crippen molar-refractivity contribution in [3.63, 3.8) is 0 Å². The largest absolute Gasteiger partial charge is 0.444 e. The number of rotatable bonds is 2. The third kappa shape index (κ3) is 3.53. The molecular weight excluding hydrogens is 348 g/mol. The summed E-state index contributed by atoms with van der Waals surface area (Å²) in [6.45, 7) is 9.06. The zero-order valence-electron chi connectivity index (χ0n) is 15.4. The van der Waals surface area contributed by atoms with Crippen LogP contribution in [0, 0.1) is 11.8 Å². The third-order valence-electron chi connectivity index (χ3n) is 4.89. The van der Waals surface area contributed by atoms with E-state index in [1.54, 1.807) is 11.3 Å². The van der Waals surface area contributed by atoms with Gasteiger partial charge in [-0.1, -0.05) is 6.07 Å². The number of fused-ring (bicyclic) bond motifs is 1. The summed E-state index contributed by atoms with van der Waals surface area (Å²) >= 11 is 1.67. The highest BCUT2D eigenvalue weighted by Gasteiger charge is 2.43. The summed E-state index contributed by atoms with van der Waals surface area (Å²) in [5.41, 5.74) is 0.472. The highest BCUT2D eigenvalue weighted by atomic mass is 32.1. The van der Waals surface area contributed by atoms with Gasteiger partial charge in [0.05, 0.1) is 4.88 Å². The van der Waals surface area contributed by atoms with Gasteiger partial charge in [-0.3, -0.25) is 0 Å². The maximum atomic E-state index is 12.3. The zero-order valence-corrected chi connectivity index (χ0v) is 16.2. The summed E-state index contributed by atoms with van der Waals surface area (Å²) in [5, 5.41) is 10.8. The minimum Gasteiger partial charge on any atom is -0.444 e. The molecule has 2 aromatic heterocycles. The molecule has 2 saturated heterocycles. The third-order valence-corrected chi connectivity index (χ3v) is 5.78. The number of nitrogens with zero attached hydrogens (tertiary/aromatic N) is 4. The van der Waals surface area contributed by atoms with Crippen LogP contribution in [0.5, 0.6) is 0 Å². The Hall–Kier alpha value is -2.15. The van der Waals surface area contributed by atoms with Crippen LogP contribution in [0.25, 0.3) is 10.6 Å². The van der Waals surface area contributed by atoms with Gasteiger partial charge in [0.25, 0.3) is 0 Å². The number of anilines is 1. The molecule has 0 unspecified atom stereocenters. The van der Waals surface area contributed by atoms with Gasteiger partial charge < -0.3 is 14.5 Å². The van der Waals surface area contributed by atoms with Crippen LogP contribution in [-0.4, -0.2) is 53.0 Å². The fraction of sp³-hybridized carbons (Fsp3) is 0.526. The molecule has 0 N–H and O–H groups in total. The van der Waals surface area contributed by atoms with Crippen LogP contribution in [0.2, 0.25) is 0 Å². The second-order valence-corrected chi connectivity index (χ2v) is 9.01. The Labute approximate surface area is 157 Å². The molecule has 0 bridgehead atoms. The summed E-state index contributed by atoms with van der Waals surface area (Å²) in [6, 6.07) is 8.16. The molecule has 2 aliphatic heterocycles. The molecule has 0 saturated carbocycles. The van der Waals surface area contributed by atoms with Crippen LogP contribution in [0.4, 0.5) is 10.6 Å². The predicted octanol–water partition coefficient (Wildman–Crippen LogP) is 3.51. The fourth-order valence-corrected chi connectivity index (χ4v) is 4.40. The van der Waals surface area contributed by atoms with E-state index in [1.807, 2.05) is 43.2 Å². The van der Waals surface area contributed by atoms with Crippen molar-refractivity contribution in [2.45, 2.75) is 26.4 Å². The van der Waals surface area contributed by atoms with E-state index in [-0.39, 0.29) is 6.09 Å². The van der Waals surface area contributed by atoms with E-state index in [2.05, 4.69) is 27.2 Å². The topological polar surface area (TPSA) is 58.6 Å². The van der Waals surface area contributed by atoms with Crippen LogP contribution in [0.15, 0.2) is 29.6 Å². The molecule has 7 heteroatoms. The first kappa shape index (κ1) is 17.3. The quantitative estimate of drug-likeness (QED) is 0.807. The van der Waals surface area contributed by atoms with Crippen molar-refractivity contribution in [2.75, 3.05) is 31.1 Å². The van der Waals surface area contributed by atoms with Gasteiger partial charge in [-0.15, -0.1) is 21.5 Å². The van der Waals surface area contributed by atoms with Gasteiger partial charge in [0.2, 0.25) is 0 Å². The zero-order chi connectivity index (χ0) is 18.3. The second-order valence-electron chi connectivity index (χ2n) is 8.06. The lowest BCUT2D eigenvalue weighted by Crippen LogP contribution is -2.37. The van der Waals surface area contributed by atoms with Gasteiger partial charge in [-0.25, -0.2) is 4.79 Å². The maximum absolute atomic E-state index is 12.3. The number of ether oxygens (including phenoxy) is 1. The molecule has 0 aromatic carbocycles. The van der Waals surface area contributed by atoms with Crippen molar-refractivity contribution in [3.8, 4) is 10.6 Å². The first-order valence-electron chi connectivity index (χ1n) is 8.99. The summed E-state index contributed by atoms with van der Waals surface area (Å²) < 4.78 is 5.50. The Bertz CT molecular complexity index is 756. The van der Waals surface area contributed by atoms with Crippen molar-refractivity contribution in [1.29, 1.82) is 0 Å². The Kier molecular flexibility index (Phi) is 4.34. The number of likely N-dealkylation sites (tertiary alicyclic amines) is 1. The molecule has 2 aliphatic rings. The minimum absolute atomic E-state index is 0.196. The molecule has 0 radical (unpaired) electrons. The molecule has 1 amide bonds. The number of thiophene rings is 1. The summed E-state index contributed by atoms with van der Waals surface area (Å²) in [6.07, 6.45) is -0.196. The van der Waals surface area contributed by atoms with E-state index in [1.165, 1.54) is 0 Å². The standard InChI is InChI=1S/C19H24N4O2S/c1-19(2,3)25-18(24)23-11-13-9-22(10-14(13)12-23)17-7-6-15(20-21-17)16-5-4-8-26-16/h4-8,13-14H,9-12H2,1-3H3/t13-,14-/m0/s1. The number of hydrogen-bond donors (Lipinski definition) is 0. The Morgan fingerprint density at radius 2 is 1.85 bits per heavy atom. The van der Waals surface area contributed by atoms with Gasteiger partial charge >= 0.3 is 6.09 Å². The summed E-state index contributed by atoms with van der Waals surface area (Å²) in [7, 11) is 0. The molecule has 0 spiro atoms. The van der Waals surface area contributed by atoms with E-state index < -0.39 is 5.60 Å². The van der Waals surface area contributed by atoms with Crippen molar-refractivity contribution >= 4 is 23.2 Å². The molecule has 26 heavy (non-hydrogen) atoms. The SMILES string of the molecule is CC(C)(C)OC(=O)N1C[C@@H]2CN(c3ccc(-c4cccs4)nn3)C[C@H]2C1. The smallest absolute Gasteiger partial charge is 0.410 e. The number of carbonyl (C=O) groups is 1. The summed E-state index contributed by atoms with van der Waals surface area (Å²) in [4.78, 5) is 17.5. The van der Waals surface area contributed by atoms with Gasteiger partial charge in [0.15, 0.2) is 5.82 Å². The van der Waals surface area contributed by atoms with Gasteiger partial charge in [0, 0.05) is 38.0 Å². The van der Waals surface area contributed by atoms with Crippen LogP contribution < -0.4 is 4.90 Å². The number of carbonyl (C=O) groups excluding carboxylic acids is 1. The highest BCUT2D eigenvalue weighted by molar-refractivity contribution is 7.13. The summed E-state index contributed by atoms with van der Waals surface area (Å²) in [5.74, 6) is 1.87. The van der Waals surface area contributed by atoms with E-state index in [0.717, 1.165) is 42.6 Å². The number of aromatic nitrogens is 2. The Morgan fingerprint density at radius 3 is 2.38 bits per heavy atom. The fourth-order valence-electron chi connectivity index (χ4n) is 3.71. The monoisotopic (exact) mass is 372 g/mol. The Morgan fingerprint density at radius 1 is 1.12 bits per heavy atom. The molecular formula is C19H24N4O2S. The predicted molar refractivity (Wildman–Crippen MR) is 102 cm³/mol. The maximum Gasteiger partial charge on any atom is 0.410 e. The van der Waals surface area contributed by atoms with Crippen molar-refractivity contribution < 1.29 is 9.53 Å². The lowest BCUT2D eigenvalue weighted by atomic mass is 10.0. The van der Waals surface area contributed by atoms with Gasteiger partial charge in [-0.05, 0) is 44.4 Å². The lowest BCUT2D eigenvalue weighted by molar-refractivity contribution is 0.0282. The molecule has 138 valence electrons. The van der Waals surface area contributed by atoms with E-state index >= 15 is 0 Å². The van der Waals surface area contributed by atoms with Gasteiger partial charge in [-0.2, -0.15) is 0 Å².